The Bertz CT molecular complexity index is 382. The summed E-state index contributed by atoms with van der Waals surface area (Å²) in [4.78, 5) is 11.4. The largest absolute Gasteiger partial charge is 0.544 e. The van der Waals surface area contributed by atoms with Gasteiger partial charge in [0.05, 0.1) is 13.0 Å². The number of rotatable bonds is 5. The third-order valence-electron chi connectivity index (χ3n) is 1.98. The molecular weight excluding hydrogens is 232 g/mol. The Hall–Kier alpha value is -1.29. The van der Waals surface area contributed by atoms with Crippen molar-refractivity contribution in [3.63, 3.8) is 0 Å². The molecule has 0 aromatic heterocycles. The summed E-state index contributed by atoms with van der Waals surface area (Å²) in [7, 11) is -1.59. The Balaban J connectivity index is 2.69. The van der Waals surface area contributed by atoms with E-state index < -0.39 is 8.32 Å². The van der Waals surface area contributed by atoms with Crippen LogP contribution >= 0.6 is 0 Å². The maximum atomic E-state index is 11.4. The third-order valence-corrected chi connectivity index (χ3v) is 2.82. The molecule has 17 heavy (non-hydrogen) atoms. The van der Waals surface area contributed by atoms with E-state index in [9.17, 15) is 4.79 Å². The summed E-state index contributed by atoms with van der Waals surface area (Å²) < 4.78 is 10.8. The summed E-state index contributed by atoms with van der Waals surface area (Å²) in [6, 6.07) is 7.65. The molecule has 0 heterocycles. The van der Waals surface area contributed by atoms with E-state index >= 15 is 0 Å². The van der Waals surface area contributed by atoms with E-state index in [2.05, 4.69) is 19.6 Å². The lowest BCUT2D eigenvalue weighted by Crippen LogP contribution is -2.29. The second-order valence-electron chi connectivity index (χ2n) is 4.84. The maximum absolute atomic E-state index is 11.4. The molecule has 0 saturated heterocycles. The Morgan fingerprint density at radius 2 is 2.00 bits per heavy atom. The molecule has 0 aliphatic rings. The van der Waals surface area contributed by atoms with Crippen LogP contribution in [0.4, 0.5) is 0 Å². The van der Waals surface area contributed by atoms with Gasteiger partial charge < -0.3 is 9.16 Å². The summed E-state index contributed by atoms with van der Waals surface area (Å²) in [6.07, 6.45) is 0.302. The molecule has 3 nitrogen and oxygen atoms in total. The quantitative estimate of drug-likeness (QED) is 0.597. The molecule has 0 aliphatic carbocycles. The van der Waals surface area contributed by atoms with Crippen molar-refractivity contribution in [1.82, 2.24) is 0 Å². The lowest BCUT2D eigenvalue weighted by atomic mass is 10.1. The summed E-state index contributed by atoms with van der Waals surface area (Å²) in [5, 5.41) is 0. The molecule has 0 spiro atoms. The van der Waals surface area contributed by atoms with Crippen molar-refractivity contribution in [3.8, 4) is 5.75 Å². The number of carbonyl (C=O) groups excluding carboxylic acids is 1. The summed E-state index contributed by atoms with van der Waals surface area (Å²) in [6.45, 7) is 8.62. The van der Waals surface area contributed by atoms with Gasteiger partial charge in [-0.05, 0) is 44.3 Å². The average molecular weight is 252 g/mol. The van der Waals surface area contributed by atoms with Crippen molar-refractivity contribution in [1.29, 1.82) is 0 Å². The Labute approximate surface area is 104 Å². The summed E-state index contributed by atoms with van der Waals surface area (Å²) in [5.41, 5.74) is 0.930. The molecule has 1 aromatic carbocycles. The van der Waals surface area contributed by atoms with E-state index in [1.807, 2.05) is 31.2 Å². The van der Waals surface area contributed by atoms with Gasteiger partial charge in [0.15, 0.2) is 0 Å². The van der Waals surface area contributed by atoms with Crippen LogP contribution in [-0.2, 0) is 16.0 Å². The van der Waals surface area contributed by atoms with Crippen molar-refractivity contribution in [3.05, 3.63) is 29.8 Å². The number of ether oxygens (including phenoxy) is 1. The van der Waals surface area contributed by atoms with Gasteiger partial charge in [-0.15, -0.1) is 0 Å². The van der Waals surface area contributed by atoms with Crippen molar-refractivity contribution in [2.24, 2.45) is 0 Å². The van der Waals surface area contributed by atoms with Gasteiger partial charge in [-0.3, -0.25) is 4.79 Å². The molecule has 0 fully saturated rings. The molecular formula is C13H20O3Si. The van der Waals surface area contributed by atoms with Crippen LogP contribution in [0.2, 0.25) is 19.6 Å². The SMILES string of the molecule is CCOC(=O)Cc1cccc(O[Si](C)(C)C)c1. The first-order valence-corrected chi connectivity index (χ1v) is 9.25. The van der Waals surface area contributed by atoms with Crippen molar-refractivity contribution < 1.29 is 14.0 Å². The Morgan fingerprint density at radius 3 is 2.59 bits per heavy atom. The highest BCUT2D eigenvalue weighted by molar-refractivity contribution is 6.70. The zero-order chi connectivity index (χ0) is 12.9. The fourth-order valence-corrected chi connectivity index (χ4v) is 2.29. The van der Waals surface area contributed by atoms with Gasteiger partial charge in [-0.25, -0.2) is 0 Å². The molecule has 4 heteroatoms. The van der Waals surface area contributed by atoms with Crippen molar-refractivity contribution >= 4 is 14.3 Å². The normalized spacial score (nSPS) is 11.1. The predicted molar refractivity (Wildman–Crippen MR) is 70.8 cm³/mol. The molecule has 0 atom stereocenters. The maximum Gasteiger partial charge on any atom is 0.310 e. The van der Waals surface area contributed by atoms with Gasteiger partial charge in [0, 0.05) is 0 Å². The molecule has 0 amide bonds. The van der Waals surface area contributed by atoms with Gasteiger partial charge in [-0.1, -0.05) is 12.1 Å². The number of benzene rings is 1. The number of carbonyl (C=O) groups is 1. The van der Waals surface area contributed by atoms with Crippen LogP contribution in [0.5, 0.6) is 5.75 Å². The van der Waals surface area contributed by atoms with Crippen LogP contribution in [0.15, 0.2) is 24.3 Å². The van der Waals surface area contributed by atoms with Crippen molar-refractivity contribution in [2.45, 2.75) is 33.0 Å². The molecule has 0 radical (unpaired) electrons. The molecule has 0 saturated carbocycles. The zero-order valence-electron chi connectivity index (χ0n) is 10.9. The van der Waals surface area contributed by atoms with E-state index in [0.717, 1.165) is 11.3 Å². The standard InChI is InChI=1S/C13H20O3Si/c1-5-15-13(14)10-11-7-6-8-12(9-11)16-17(2,3)4/h6-9H,5,10H2,1-4H3. The molecule has 0 aliphatic heterocycles. The minimum absolute atomic E-state index is 0.197. The predicted octanol–water partition coefficient (Wildman–Crippen LogP) is 3.01. The van der Waals surface area contributed by atoms with Crippen LogP contribution in [0.1, 0.15) is 12.5 Å². The first-order valence-electron chi connectivity index (χ1n) is 5.84. The minimum Gasteiger partial charge on any atom is -0.544 e. The van der Waals surface area contributed by atoms with Gasteiger partial charge in [0.25, 0.3) is 0 Å². The van der Waals surface area contributed by atoms with Crippen LogP contribution in [0, 0.1) is 0 Å². The molecule has 94 valence electrons. The zero-order valence-corrected chi connectivity index (χ0v) is 11.9. The topological polar surface area (TPSA) is 35.5 Å². The fraction of sp³-hybridized carbons (Fsp3) is 0.462. The van der Waals surface area contributed by atoms with Crippen molar-refractivity contribution in [2.75, 3.05) is 6.61 Å². The second kappa shape index (κ2) is 5.86. The van der Waals surface area contributed by atoms with Crippen LogP contribution in [-0.4, -0.2) is 20.9 Å². The van der Waals surface area contributed by atoms with E-state index in [-0.39, 0.29) is 5.97 Å². The number of esters is 1. The first kappa shape index (κ1) is 13.8. The fourth-order valence-electron chi connectivity index (χ4n) is 1.45. The molecule has 0 N–H and O–H groups in total. The average Bonchev–Trinajstić information content (AvgIpc) is 2.15. The lowest BCUT2D eigenvalue weighted by molar-refractivity contribution is -0.142. The molecule has 1 aromatic rings. The molecule has 0 unspecified atom stereocenters. The van der Waals surface area contributed by atoms with E-state index in [4.69, 9.17) is 9.16 Å². The highest BCUT2D eigenvalue weighted by Crippen LogP contribution is 2.18. The highest BCUT2D eigenvalue weighted by Gasteiger charge is 2.16. The molecule has 0 bridgehead atoms. The van der Waals surface area contributed by atoms with Gasteiger partial charge >= 0.3 is 5.97 Å². The number of hydrogen-bond donors (Lipinski definition) is 0. The van der Waals surface area contributed by atoms with Gasteiger partial charge in [0.2, 0.25) is 8.32 Å². The second-order valence-corrected chi connectivity index (χ2v) is 9.27. The van der Waals surface area contributed by atoms with Gasteiger partial charge in [0.1, 0.15) is 5.75 Å². The van der Waals surface area contributed by atoms with E-state index in [1.165, 1.54) is 0 Å². The highest BCUT2D eigenvalue weighted by atomic mass is 28.4. The summed E-state index contributed by atoms with van der Waals surface area (Å²) >= 11 is 0. The third kappa shape index (κ3) is 5.54. The van der Waals surface area contributed by atoms with E-state index in [1.54, 1.807) is 0 Å². The smallest absolute Gasteiger partial charge is 0.310 e. The van der Waals surface area contributed by atoms with Crippen LogP contribution < -0.4 is 4.43 Å². The number of hydrogen-bond acceptors (Lipinski definition) is 3. The summed E-state index contributed by atoms with van der Waals surface area (Å²) in [5.74, 6) is 0.642. The lowest BCUT2D eigenvalue weighted by Gasteiger charge is -2.19. The Kier molecular flexibility index (Phi) is 4.75. The van der Waals surface area contributed by atoms with E-state index in [0.29, 0.717) is 13.0 Å². The van der Waals surface area contributed by atoms with Crippen LogP contribution in [0.3, 0.4) is 0 Å². The van der Waals surface area contributed by atoms with Crippen LogP contribution in [0.25, 0.3) is 0 Å². The Morgan fingerprint density at radius 1 is 1.29 bits per heavy atom. The minimum atomic E-state index is -1.59. The molecule has 1 rings (SSSR count). The van der Waals surface area contributed by atoms with Gasteiger partial charge in [-0.2, -0.15) is 0 Å². The first-order chi connectivity index (χ1) is 7.90. The monoisotopic (exact) mass is 252 g/mol.